The van der Waals surface area contributed by atoms with Gasteiger partial charge in [-0.05, 0) is 69.6 Å². The van der Waals surface area contributed by atoms with Gasteiger partial charge in [-0.2, -0.15) is 0 Å². The summed E-state index contributed by atoms with van der Waals surface area (Å²) in [5, 5.41) is 3.01. The lowest BCUT2D eigenvalue weighted by molar-refractivity contribution is 0.102. The number of unbranched alkanes of at least 4 members (excludes halogenated alkanes) is 1. The second-order valence-corrected chi connectivity index (χ2v) is 7.47. The van der Waals surface area contributed by atoms with Crippen LogP contribution in [-0.4, -0.2) is 42.0 Å². The molecule has 1 fully saturated rings. The Balaban J connectivity index is 1.43. The van der Waals surface area contributed by atoms with Gasteiger partial charge in [0.15, 0.2) is 0 Å². The molecular formula is C23H28N4O. The second-order valence-electron chi connectivity index (χ2n) is 7.47. The molecule has 1 saturated heterocycles. The van der Waals surface area contributed by atoms with Crippen LogP contribution in [0.5, 0.6) is 0 Å². The van der Waals surface area contributed by atoms with Crippen LogP contribution in [0.2, 0.25) is 0 Å². The molecule has 0 bridgehead atoms. The zero-order chi connectivity index (χ0) is 19.2. The first kappa shape index (κ1) is 18.7. The molecule has 4 rings (SSSR count). The molecule has 3 heterocycles. The molecule has 1 amide bonds. The summed E-state index contributed by atoms with van der Waals surface area (Å²) in [6.45, 7) is 4.41. The standard InChI is InChI=1S/C23H28N4O/c28-23-19-11-10-14-24-22(19)27(21-13-5-4-12-20(21)25-23)18-9-2-1-6-15-26-16-7-3-8-17-26/h2,4-5,9-14H,1,3,6-8,15-18H2,(H,25,28)/b9-2+. The maximum atomic E-state index is 12.6. The lowest BCUT2D eigenvalue weighted by atomic mass is 10.1. The minimum absolute atomic E-state index is 0.108. The molecule has 0 unspecified atom stereocenters. The molecule has 5 heteroatoms. The van der Waals surface area contributed by atoms with Crippen molar-refractivity contribution in [2.45, 2.75) is 32.1 Å². The number of nitrogens with zero attached hydrogens (tertiary/aromatic N) is 3. The number of anilines is 3. The first-order valence-electron chi connectivity index (χ1n) is 10.3. The third kappa shape index (κ3) is 4.25. The number of carbonyl (C=O) groups is 1. The Labute approximate surface area is 167 Å². The van der Waals surface area contributed by atoms with Gasteiger partial charge in [0.1, 0.15) is 5.82 Å². The number of fused-ring (bicyclic) bond motifs is 2. The lowest BCUT2D eigenvalue weighted by Crippen LogP contribution is -2.30. The highest BCUT2D eigenvalue weighted by Gasteiger charge is 2.25. The number of likely N-dealkylation sites (tertiary alicyclic amines) is 1. The Hall–Kier alpha value is -2.66. The minimum Gasteiger partial charge on any atom is -0.320 e. The molecule has 0 radical (unpaired) electrons. The van der Waals surface area contributed by atoms with E-state index in [4.69, 9.17) is 0 Å². The molecule has 1 aromatic heterocycles. The summed E-state index contributed by atoms with van der Waals surface area (Å²) < 4.78 is 0. The number of allylic oxidation sites excluding steroid dienone is 1. The van der Waals surface area contributed by atoms with Crippen LogP contribution in [0.15, 0.2) is 54.7 Å². The van der Waals surface area contributed by atoms with Gasteiger partial charge in [-0.1, -0.05) is 30.7 Å². The van der Waals surface area contributed by atoms with Crippen LogP contribution in [0.25, 0.3) is 0 Å². The van der Waals surface area contributed by atoms with Gasteiger partial charge in [-0.15, -0.1) is 0 Å². The molecule has 0 saturated carbocycles. The maximum Gasteiger partial charge on any atom is 0.259 e. The molecule has 146 valence electrons. The predicted molar refractivity (Wildman–Crippen MR) is 114 cm³/mol. The van der Waals surface area contributed by atoms with Crippen LogP contribution >= 0.6 is 0 Å². The van der Waals surface area contributed by atoms with E-state index < -0.39 is 0 Å². The third-order valence-electron chi connectivity index (χ3n) is 5.48. The fourth-order valence-electron chi connectivity index (χ4n) is 4.01. The topological polar surface area (TPSA) is 48.5 Å². The quantitative estimate of drug-likeness (QED) is 0.591. The van der Waals surface area contributed by atoms with E-state index in [1.807, 2.05) is 36.4 Å². The van der Waals surface area contributed by atoms with E-state index in [-0.39, 0.29) is 5.91 Å². The number of hydrogen-bond acceptors (Lipinski definition) is 4. The number of piperidine rings is 1. The maximum absolute atomic E-state index is 12.6. The predicted octanol–water partition coefficient (Wildman–Crippen LogP) is 4.61. The van der Waals surface area contributed by atoms with E-state index in [9.17, 15) is 4.79 Å². The Morgan fingerprint density at radius 3 is 2.79 bits per heavy atom. The number of rotatable bonds is 6. The van der Waals surface area contributed by atoms with Gasteiger partial charge in [-0.3, -0.25) is 4.79 Å². The van der Waals surface area contributed by atoms with Crippen molar-refractivity contribution in [1.82, 2.24) is 9.88 Å². The SMILES string of the molecule is O=C1Nc2ccccc2N(C/C=C/CCCN2CCCCC2)c2ncccc21. The average molecular weight is 377 g/mol. The van der Waals surface area contributed by atoms with Crippen LogP contribution in [0.1, 0.15) is 42.5 Å². The van der Waals surface area contributed by atoms with Crippen molar-refractivity contribution in [1.29, 1.82) is 0 Å². The number of nitrogens with one attached hydrogen (secondary N) is 1. The van der Waals surface area contributed by atoms with Crippen molar-refractivity contribution < 1.29 is 4.79 Å². The Morgan fingerprint density at radius 1 is 1.04 bits per heavy atom. The molecule has 5 nitrogen and oxygen atoms in total. The molecular weight excluding hydrogens is 348 g/mol. The summed E-state index contributed by atoms with van der Waals surface area (Å²) in [5.74, 6) is 0.603. The number of amides is 1. The molecule has 0 spiro atoms. The summed E-state index contributed by atoms with van der Waals surface area (Å²) in [5.41, 5.74) is 2.41. The van der Waals surface area contributed by atoms with Crippen LogP contribution in [0.3, 0.4) is 0 Å². The van der Waals surface area contributed by atoms with Gasteiger partial charge in [0.25, 0.3) is 5.91 Å². The summed E-state index contributed by atoms with van der Waals surface area (Å²) >= 11 is 0. The smallest absolute Gasteiger partial charge is 0.259 e. The van der Waals surface area contributed by atoms with E-state index in [0.29, 0.717) is 17.9 Å². The van der Waals surface area contributed by atoms with Crippen molar-refractivity contribution >= 4 is 23.1 Å². The molecule has 2 aliphatic heterocycles. The monoisotopic (exact) mass is 376 g/mol. The Kier molecular flexibility index (Phi) is 6.02. The van der Waals surface area contributed by atoms with Crippen LogP contribution in [0, 0.1) is 0 Å². The van der Waals surface area contributed by atoms with Crippen LogP contribution < -0.4 is 10.2 Å². The average Bonchev–Trinajstić information content (AvgIpc) is 2.86. The first-order chi connectivity index (χ1) is 13.8. The van der Waals surface area contributed by atoms with Crippen molar-refractivity contribution in [2.75, 3.05) is 36.4 Å². The van der Waals surface area contributed by atoms with E-state index in [1.54, 1.807) is 6.20 Å². The Morgan fingerprint density at radius 2 is 1.89 bits per heavy atom. The minimum atomic E-state index is -0.108. The molecule has 0 atom stereocenters. The highest BCUT2D eigenvalue weighted by Crippen LogP contribution is 2.36. The molecule has 1 N–H and O–H groups in total. The van der Waals surface area contributed by atoms with E-state index >= 15 is 0 Å². The fraction of sp³-hybridized carbons (Fsp3) is 0.391. The van der Waals surface area contributed by atoms with Crippen LogP contribution in [0.4, 0.5) is 17.2 Å². The van der Waals surface area contributed by atoms with Gasteiger partial charge < -0.3 is 15.1 Å². The van der Waals surface area contributed by atoms with E-state index in [1.165, 1.54) is 45.3 Å². The second kappa shape index (κ2) is 9.02. The largest absolute Gasteiger partial charge is 0.320 e. The highest BCUT2D eigenvalue weighted by molar-refractivity contribution is 6.11. The molecule has 2 aromatic rings. The molecule has 28 heavy (non-hydrogen) atoms. The first-order valence-corrected chi connectivity index (χ1v) is 10.3. The van der Waals surface area contributed by atoms with Crippen molar-refractivity contribution in [3.05, 3.63) is 60.3 Å². The van der Waals surface area contributed by atoms with E-state index in [2.05, 4.69) is 32.3 Å². The number of benzene rings is 1. The third-order valence-corrected chi connectivity index (χ3v) is 5.48. The van der Waals surface area contributed by atoms with E-state index in [0.717, 1.165) is 17.8 Å². The van der Waals surface area contributed by atoms with Gasteiger partial charge in [0.2, 0.25) is 0 Å². The Bertz CT molecular complexity index is 842. The van der Waals surface area contributed by atoms with Gasteiger partial charge in [-0.25, -0.2) is 4.98 Å². The van der Waals surface area contributed by atoms with Gasteiger partial charge >= 0.3 is 0 Å². The van der Waals surface area contributed by atoms with Crippen molar-refractivity contribution in [2.24, 2.45) is 0 Å². The zero-order valence-corrected chi connectivity index (χ0v) is 16.3. The number of hydrogen-bond donors (Lipinski definition) is 1. The summed E-state index contributed by atoms with van der Waals surface area (Å²) in [7, 11) is 0. The number of para-hydroxylation sites is 2. The molecule has 0 aliphatic carbocycles. The summed E-state index contributed by atoms with van der Waals surface area (Å²) in [4.78, 5) is 21.8. The van der Waals surface area contributed by atoms with Gasteiger partial charge in [0.05, 0.1) is 16.9 Å². The van der Waals surface area contributed by atoms with Crippen molar-refractivity contribution in [3.63, 3.8) is 0 Å². The summed E-state index contributed by atoms with van der Waals surface area (Å²) in [6.07, 6.45) is 12.6. The fourth-order valence-corrected chi connectivity index (χ4v) is 4.01. The van der Waals surface area contributed by atoms with Crippen molar-refractivity contribution in [3.8, 4) is 0 Å². The zero-order valence-electron chi connectivity index (χ0n) is 16.3. The number of aromatic nitrogens is 1. The molecule has 2 aliphatic rings. The summed E-state index contributed by atoms with van der Waals surface area (Å²) in [6, 6.07) is 11.5. The highest BCUT2D eigenvalue weighted by atomic mass is 16.1. The number of pyridine rings is 1. The number of carbonyl (C=O) groups excluding carboxylic acids is 1. The van der Waals surface area contributed by atoms with Gasteiger partial charge in [0, 0.05) is 12.7 Å². The normalized spacial score (nSPS) is 17.1. The molecule has 1 aromatic carbocycles. The lowest BCUT2D eigenvalue weighted by Gasteiger charge is -2.26. The van der Waals surface area contributed by atoms with Crippen LogP contribution in [-0.2, 0) is 0 Å².